The molecule has 0 bridgehead atoms. The SMILES string of the molecule is C[C@@H](N)[C@@H]1CCCN(C(=O)CN2C(=O)NC(=O)C2(C)C)C1. The van der Waals surface area contributed by atoms with Crippen LogP contribution in [0.25, 0.3) is 0 Å². The number of likely N-dealkylation sites (tertiary alicyclic amines) is 1. The number of piperidine rings is 1. The molecule has 0 aromatic heterocycles. The Morgan fingerprint density at radius 3 is 2.67 bits per heavy atom. The molecule has 2 rings (SSSR count). The van der Waals surface area contributed by atoms with Crippen molar-refractivity contribution in [3.05, 3.63) is 0 Å². The number of carbonyl (C=O) groups is 3. The van der Waals surface area contributed by atoms with Gasteiger partial charge in [-0.3, -0.25) is 14.9 Å². The highest BCUT2D eigenvalue weighted by Gasteiger charge is 2.46. The zero-order valence-electron chi connectivity index (χ0n) is 12.9. The summed E-state index contributed by atoms with van der Waals surface area (Å²) in [6.45, 7) is 6.47. The van der Waals surface area contributed by atoms with Crippen molar-refractivity contribution in [3.8, 4) is 0 Å². The molecule has 118 valence electrons. The van der Waals surface area contributed by atoms with Crippen LogP contribution in [0.5, 0.6) is 0 Å². The first kappa shape index (κ1) is 15.8. The quantitative estimate of drug-likeness (QED) is 0.711. The molecule has 2 fully saturated rings. The summed E-state index contributed by atoms with van der Waals surface area (Å²) >= 11 is 0. The van der Waals surface area contributed by atoms with Gasteiger partial charge < -0.3 is 15.5 Å². The molecule has 0 aromatic carbocycles. The van der Waals surface area contributed by atoms with Crippen LogP contribution >= 0.6 is 0 Å². The largest absolute Gasteiger partial charge is 0.341 e. The minimum atomic E-state index is -0.983. The van der Waals surface area contributed by atoms with Crippen LogP contribution in [0.4, 0.5) is 4.79 Å². The van der Waals surface area contributed by atoms with E-state index in [1.54, 1.807) is 18.7 Å². The number of hydrogen-bond donors (Lipinski definition) is 2. The van der Waals surface area contributed by atoms with Crippen molar-refractivity contribution in [3.63, 3.8) is 0 Å². The fraction of sp³-hybridized carbons (Fsp3) is 0.786. The standard InChI is InChI=1S/C14H24N4O3/c1-9(15)10-5-4-6-17(7-10)11(19)8-18-13(21)16-12(20)14(18,2)3/h9-10H,4-8,15H2,1-3H3,(H,16,20,21)/t9-,10-/m1/s1. The lowest BCUT2D eigenvalue weighted by atomic mass is 9.92. The van der Waals surface area contributed by atoms with E-state index in [0.29, 0.717) is 19.0 Å². The van der Waals surface area contributed by atoms with Crippen LogP contribution in [0.3, 0.4) is 0 Å². The number of nitrogens with zero attached hydrogens (tertiary/aromatic N) is 2. The Morgan fingerprint density at radius 1 is 1.48 bits per heavy atom. The number of rotatable bonds is 3. The van der Waals surface area contributed by atoms with Crippen molar-refractivity contribution in [1.82, 2.24) is 15.1 Å². The fourth-order valence-corrected chi connectivity index (χ4v) is 2.86. The summed E-state index contributed by atoms with van der Waals surface area (Å²) in [6.07, 6.45) is 1.95. The van der Waals surface area contributed by atoms with Gasteiger partial charge in [0, 0.05) is 19.1 Å². The summed E-state index contributed by atoms with van der Waals surface area (Å²) in [5.74, 6) is -0.199. The predicted molar refractivity (Wildman–Crippen MR) is 77.3 cm³/mol. The Labute approximate surface area is 124 Å². The van der Waals surface area contributed by atoms with Gasteiger partial charge in [-0.05, 0) is 39.5 Å². The molecular weight excluding hydrogens is 272 g/mol. The Balaban J connectivity index is 2.01. The number of imide groups is 1. The molecule has 4 amide bonds. The van der Waals surface area contributed by atoms with E-state index in [1.807, 2.05) is 6.92 Å². The van der Waals surface area contributed by atoms with Gasteiger partial charge in [-0.2, -0.15) is 0 Å². The van der Waals surface area contributed by atoms with Crippen LogP contribution in [0, 0.1) is 5.92 Å². The molecule has 2 saturated heterocycles. The molecule has 0 radical (unpaired) electrons. The number of nitrogens with one attached hydrogen (secondary N) is 1. The molecule has 2 aliphatic heterocycles. The maximum Gasteiger partial charge on any atom is 0.325 e. The van der Waals surface area contributed by atoms with Crippen molar-refractivity contribution in [1.29, 1.82) is 0 Å². The van der Waals surface area contributed by atoms with Crippen LogP contribution in [0.15, 0.2) is 0 Å². The molecule has 7 heteroatoms. The van der Waals surface area contributed by atoms with Crippen LogP contribution < -0.4 is 11.1 Å². The summed E-state index contributed by atoms with van der Waals surface area (Å²) in [5.41, 5.74) is 4.94. The maximum atomic E-state index is 12.4. The second-order valence-corrected chi connectivity index (χ2v) is 6.51. The molecule has 7 nitrogen and oxygen atoms in total. The second kappa shape index (κ2) is 5.63. The van der Waals surface area contributed by atoms with Gasteiger partial charge in [0.2, 0.25) is 5.91 Å². The van der Waals surface area contributed by atoms with E-state index in [-0.39, 0.29) is 24.4 Å². The highest BCUT2D eigenvalue weighted by molar-refractivity contribution is 6.07. The first-order chi connectivity index (χ1) is 9.73. The molecule has 0 aromatic rings. The zero-order valence-corrected chi connectivity index (χ0v) is 12.9. The van der Waals surface area contributed by atoms with Gasteiger partial charge in [0.25, 0.3) is 5.91 Å². The van der Waals surface area contributed by atoms with E-state index in [2.05, 4.69) is 5.32 Å². The molecule has 0 saturated carbocycles. The summed E-state index contributed by atoms with van der Waals surface area (Å²) < 4.78 is 0. The highest BCUT2D eigenvalue weighted by Crippen LogP contribution is 2.23. The summed E-state index contributed by atoms with van der Waals surface area (Å²) in [7, 11) is 0. The average Bonchev–Trinajstić information content (AvgIpc) is 2.61. The molecule has 21 heavy (non-hydrogen) atoms. The second-order valence-electron chi connectivity index (χ2n) is 6.51. The Morgan fingerprint density at radius 2 is 2.14 bits per heavy atom. The van der Waals surface area contributed by atoms with Crippen LogP contribution in [-0.4, -0.2) is 58.9 Å². The number of carbonyl (C=O) groups excluding carboxylic acids is 3. The van der Waals surface area contributed by atoms with E-state index >= 15 is 0 Å². The summed E-state index contributed by atoms with van der Waals surface area (Å²) in [5, 5.41) is 2.25. The average molecular weight is 296 g/mol. The lowest BCUT2D eigenvalue weighted by molar-refractivity contribution is -0.135. The van der Waals surface area contributed by atoms with E-state index in [1.165, 1.54) is 4.90 Å². The monoisotopic (exact) mass is 296 g/mol. The molecular formula is C14H24N4O3. The molecule has 0 spiro atoms. The van der Waals surface area contributed by atoms with Gasteiger partial charge in [0.1, 0.15) is 12.1 Å². The minimum Gasteiger partial charge on any atom is -0.341 e. The number of urea groups is 1. The van der Waals surface area contributed by atoms with Gasteiger partial charge in [-0.15, -0.1) is 0 Å². The molecule has 0 unspecified atom stereocenters. The zero-order chi connectivity index (χ0) is 15.8. The van der Waals surface area contributed by atoms with E-state index < -0.39 is 11.6 Å². The lowest BCUT2D eigenvalue weighted by Crippen LogP contribution is -2.52. The van der Waals surface area contributed by atoms with Gasteiger partial charge in [-0.25, -0.2) is 4.79 Å². The number of hydrogen-bond acceptors (Lipinski definition) is 4. The molecule has 3 N–H and O–H groups in total. The molecule has 2 atom stereocenters. The highest BCUT2D eigenvalue weighted by atomic mass is 16.2. The normalized spacial score (nSPS) is 26.8. The first-order valence-corrected chi connectivity index (χ1v) is 7.40. The Kier molecular flexibility index (Phi) is 4.22. The first-order valence-electron chi connectivity index (χ1n) is 7.40. The van der Waals surface area contributed by atoms with E-state index in [9.17, 15) is 14.4 Å². The van der Waals surface area contributed by atoms with Gasteiger partial charge in [0.15, 0.2) is 0 Å². The van der Waals surface area contributed by atoms with Crippen molar-refractivity contribution in [2.45, 2.75) is 45.2 Å². The Hall–Kier alpha value is -1.63. The third-order valence-electron chi connectivity index (χ3n) is 4.54. The van der Waals surface area contributed by atoms with Crippen LogP contribution in [0.2, 0.25) is 0 Å². The van der Waals surface area contributed by atoms with Gasteiger partial charge in [-0.1, -0.05) is 0 Å². The smallest absolute Gasteiger partial charge is 0.325 e. The third-order valence-corrected chi connectivity index (χ3v) is 4.54. The topological polar surface area (TPSA) is 95.7 Å². The predicted octanol–water partition coefficient (Wildman–Crippen LogP) is -0.0974. The van der Waals surface area contributed by atoms with Crippen molar-refractivity contribution >= 4 is 17.8 Å². The van der Waals surface area contributed by atoms with Crippen LogP contribution in [-0.2, 0) is 9.59 Å². The minimum absolute atomic E-state index is 0.0497. The number of amides is 4. The summed E-state index contributed by atoms with van der Waals surface area (Å²) in [4.78, 5) is 39.0. The summed E-state index contributed by atoms with van der Waals surface area (Å²) in [6, 6.07) is -0.451. The Bertz CT molecular complexity index is 461. The third kappa shape index (κ3) is 3.02. The lowest BCUT2D eigenvalue weighted by Gasteiger charge is -2.36. The maximum absolute atomic E-state index is 12.4. The van der Waals surface area contributed by atoms with Gasteiger partial charge in [0.05, 0.1) is 0 Å². The van der Waals surface area contributed by atoms with Crippen LogP contribution in [0.1, 0.15) is 33.6 Å². The van der Waals surface area contributed by atoms with E-state index in [4.69, 9.17) is 5.73 Å². The molecule has 2 aliphatic rings. The van der Waals surface area contributed by atoms with E-state index in [0.717, 1.165) is 12.8 Å². The fourth-order valence-electron chi connectivity index (χ4n) is 2.86. The van der Waals surface area contributed by atoms with Crippen molar-refractivity contribution < 1.29 is 14.4 Å². The molecule has 0 aliphatic carbocycles. The number of nitrogens with two attached hydrogens (primary N) is 1. The van der Waals surface area contributed by atoms with Crippen molar-refractivity contribution in [2.24, 2.45) is 11.7 Å². The molecule has 2 heterocycles. The van der Waals surface area contributed by atoms with Crippen molar-refractivity contribution in [2.75, 3.05) is 19.6 Å². The van der Waals surface area contributed by atoms with Gasteiger partial charge >= 0.3 is 6.03 Å².